The first-order chi connectivity index (χ1) is 10.2. The van der Waals surface area contributed by atoms with Crippen LogP contribution in [0.1, 0.15) is 97.3 Å². The van der Waals surface area contributed by atoms with E-state index in [1.807, 2.05) is 0 Å². The minimum atomic E-state index is 0.847. The fraction of sp³-hybridized carbons (Fsp3) is 0.810. The van der Waals surface area contributed by atoms with Crippen LogP contribution in [-0.2, 0) is 0 Å². The number of hydrogen-bond acceptors (Lipinski definition) is 0. The van der Waals surface area contributed by atoms with Gasteiger partial charge in [0.2, 0.25) is 0 Å². The Morgan fingerprint density at radius 1 is 0.667 bits per heavy atom. The average Bonchev–Trinajstić information content (AvgIpc) is 2.47. The van der Waals surface area contributed by atoms with E-state index < -0.39 is 0 Å². The fourth-order valence-electron chi connectivity index (χ4n) is 2.95. The third-order valence-electron chi connectivity index (χ3n) is 4.50. The topological polar surface area (TPSA) is 0 Å². The molecular weight excluding hydrogens is 252 g/mol. The summed E-state index contributed by atoms with van der Waals surface area (Å²) in [6, 6.07) is 0. The number of allylic oxidation sites excluding steroid dienone is 2. The first-order valence-electron chi connectivity index (χ1n) is 9.45. The van der Waals surface area contributed by atoms with Crippen LogP contribution in [0.4, 0.5) is 0 Å². The van der Waals surface area contributed by atoms with Crippen LogP contribution in [0.15, 0.2) is 12.2 Å². The van der Waals surface area contributed by atoms with E-state index in [0.717, 1.165) is 31.1 Å². The molecule has 124 valence electrons. The smallest absolute Gasteiger partial charge is 0.0351 e. The van der Waals surface area contributed by atoms with Gasteiger partial charge in [0.25, 0.3) is 0 Å². The molecule has 2 radical (unpaired) electrons. The maximum Gasteiger partial charge on any atom is -0.0351 e. The highest BCUT2D eigenvalue weighted by molar-refractivity contribution is 4.82. The summed E-state index contributed by atoms with van der Waals surface area (Å²) in [6.07, 6.45) is 21.8. The predicted octanol–water partition coefficient (Wildman–Crippen LogP) is 7.55. The second-order valence-corrected chi connectivity index (χ2v) is 6.81. The van der Waals surface area contributed by atoms with Gasteiger partial charge in [0.15, 0.2) is 0 Å². The zero-order valence-electron chi connectivity index (χ0n) is 14.9. The van der Waals surface area contributed by atoms with Gasteiger partial charge in [-0.2, -0.15) is 0 Å². The SMILES string of the molecule is [CH2]CC/C=C/CCCC(CCCCCCCC[CH2])C(C)C. The summed E-state index contributed by atoms with van der Waals surface area (Å²) in [6.45, 7) is 12.6. The summed E-state index contributed by atoms with van der Waals surface area (Å²) < 4.78 is 0. The zero-order valence-corrected chi connectivity index (χ0v) is 14.9. The minimum Gasteiger partial charge on any atom is -0.0885 e. The number of rotatable bonds is 15. The molecule has 0 fully saturated rings. The van der Waals surface area contributed by atoms with Crippen molar-refractivity contribution in [3.8, 4) is 0 Å². The van der Waals surface area contributed by atoms with Gasteiger partial charge in [-0.1, -0.05) is 91.2 Å². The van der Waals surface area contributed by atoms with Crippen LogP contribution in [0.3, 0.4) is 0 Å². The molecule has 0 spiro atoms. The van der Waals surface area contributed by atoms with Gasteiger partial charge in [0, 0.05) is 0 Å². The van der Waals surface area contributed by atoms with Crippen molar-refractivity contribution in [2.45, 2.75) is 97.3 Å². The highest BCUT2D eigenvalue weighted by atomic mass is 14.2. The van der Waals surface area contributed by atoms with Crippen molar-refractivity contribution in [2.75, 3.05) is 0 Å². The molecule has 0 rings (SSSR count). The first-order valence-corrected chi connectivity index (χ1v) is 9.45. The Balaban J connectivity index is 3.58. The van der Waals surface area contributed by atoms with Gasteiger partial charge in [-0.25, -0.2) is 0 Å². The molecule has 0 saturated heterocycles. The van der Waals surface area contributed by atoms with Crippen LogP contribution in [0.5, 0.6) is 0 Å². The maximum absolute atomic E-state index is 3.91. The molecule has 0 heteroatoms. The molecule has 0 saturated carbocycles. The number of unbranched alkanes of at least 4 members (excludes halogenated alkanes) is 8. The lowest BCUT2D eigenvalue weighted by Crippen LogP contribution is -2.08. The minimum absolute atomic E-state index is 0.847. The molecule has 0 bridgehead atoms. The molecular formula is C21H40. The Bertz CT molecular complexity index is 214. The van der Waals surface area contributed by atoms with Crippen LogP contribution in [0, 0.1) is 25.7 Å². The summed E-state index contributed by atoms with van der Waals surface area (Å²) in [7, 11) is 0. The van der Waals surface area contributed by atoms with Crippen molar-refractivity contribution in [2.24, 2.45) is 11.8 Å². The molecule has 1 unspecified atom stereocenters. The Hall–Kier alpha value is -0.260. The Morgan fingerprint density at radius 3 is 1.86 bits per heavy atom. The summed E-state index contributed by atoms with van der Waals surface area (Å²) in [5.74, 6) is 1.78. The molecule has 0 aromatic carbocycles. The predicted molar refractivity (Wildman–Crippen MR) is 98.2 cm³/mol. The maximum atomic E-state index is 3.91. The molecule has 0 amide bonds. The number of hydrogen-bond donors (Lipinski definition) is 0. The van der Waals surface area contributed by atoms with Crippen molar-refractivity contribution in [1.82, 2.24) is 0 Å². The molecule has 21 heavy (non-hydrogen) atoms. The molecule has 0 aromatic heterocycles. The summed E-state index contributed by atoms with van der Waals surface area (Å²) in [5.41, 5.74) is 0. The van der Waals surface area contributed by atoms with E-state index in [1.54, 1.807) is 0 Å². The molecule has 0 aliphatic carbocycles. The van der Waals surface area contributed by atoms with E-state index in [4.69, 9.17) is 0 Å². The van der Waals surface area contributed by atoms with Crippen LogP contribution < -0.4 is 0 Å². The second kappa shape index (κ2) is 16.1. The highest BCUT2D eigenvalue weighted by Gasteiger charge is 2.12. The van der Waals surface area contributed by atoms with Crippen LogP contribution in [-0.4, -0.2) is 0 Å². The third kappa shape index (κ3) is 14.4. The van der Waals surface area contributed by atoms with Gasteiger partial charge in [-0.3, -0.25) is 0 Å². The van der Waals surface area contributed by atoms with Crippen molar-refractivity contribution < 1.29 is 0 Å². The van der Waals surface area contributed by atoms with E-state index in [2.05, 4.69) is 39.8 Å². The van der Waals surface area contributed by atoms with Gasteiger partial charge < -0.3 is 0 Å². The lowest BCUT2D eigenvalue weighted by Gasteiger charge is -2.20. The monoisotopic (exact) mass is 292 g/mol. The second-order valence-electron chi connectivity index (χ2n) is 6.81. The van der Waals surface area contributed by atoms with E-state index in [1.165, 1.54) is 64.2 Å². The lowest BCUT2D eigenvalue weighted by molar-refractivity contribution is 0.318. The molecule has 1 atom stereocenters. The molecule has 0 N–H and O–H groups in total. The first kappa shape index (κ1) is 20.7. The fourth-order valence-corrected chi connectivity index (χ4v) is 2.95. The molecule has 0 aliphatic rings. The van der Waals surface area contributed by atoms with E-state index >= 15 is 0 Å². The lowest BCUT2D eigenvalue weighted by atomic mass is 9.86. The highest BCUT2D eigenvalue weighted by Crippen LogP contribution is 2.25. The summed E-state index contributed by atoms with van der Waals surface area (Å²) in [5, 5.41) is 0. The quantitative estimate of drug-likeness (QED) is 0.216. The van der Waals surface area contributed by atoms with E-state index in [9.17, 15) is 0 Å². The average molecular weight is 293 g/mol. The largest absolute Gasteiger partial charge is 0.0885 e. The normalized spacial score (nSPS) is 13.4. The molecule has 0 heterocycles. The van der Waals surface area contributed by atoms with Crippen molar-refractivity contribution in [1.29, 1.82) is 0 Å². The van der Waals surface area contributed by atoms with Crippen molar-refractivity contribution >= 4 is 0 Å². The van der Waals surface area contributed by atoms with E-state index in [-0.39, 0.29) is 0 Å². The van der Waals surface area contributed by atoms with Gasteiger partial charge in [-0.15, -0.1) is 0 Å². The molecule has 0 aromatic rings. The zero-order chi connectivity index (χ0) is 15.8. The Labute approximate surface area is 135 Å². The third-order valence-corrected chi connectivity index (χ3v) is 4.50. The molecule has 0 nitrogen and oxygen atoms in total. The van der Waals surface area contributed by atoms with Gasteiger partial charge in [0.1, 0.15) is 0 Å². The van der Waals surface area contributed by atoms with Crippen molar-refractivity contribution in [3.63, 3.8) is 0 Å². The summed E-state index contributed by atoms with van der Waals surface area (Å²) >= 11 is 0. The van der Waals surface area contributed by atoms with Crippen LogP contribution >= 0.6 is 0 Å². The van der Waals surface area contributed by atoms with Gasteiger partial charge in [0.05, 0.1) is 0 Å². The standard InChI is InChI=1S/C21H40/c1-5-7-9-11-13-15-17-19-21(20(3)4)18-16-14-12-10-8-6-2/h10,12,20-21H,1-2,5-9,11,13-19H2,3-4H3/b12-10+. The summed E-state index contributed by atoms with van der Waals surface area (Å²) in [4.78, 5) is 0. The molecule has 0 aliphatic heterocycles. The van der Waals surface area contributed by atoms with Crippen LogP contribution in [0.2, 0.25) is 0 Å². The van der Waals surface area contributed by atoms with Gasteiger partial charge in [-0.05, 0) is 43.9 Å². The van der Waals surface area contributed by atoms with E-state index in [0.29, 0.717) is 0 Å². The Morgan fingerprint density at radius 2 is 1.24 bits per heavy atom. The van der Waals surface area contributed by atoms with Gasteiger partial charge >= 0.3 is 0 Å². The van der Waals surface area contributed by atoms with Crippen molar-refractivity contribution in [3.05, 3.63) is 26.0 Å². The Kier molecular flexibility index (Phi) is 15.9. The van der Waals surface area contributed by atoms with Crippen LogP contribution in [0.25, 0.3) is 0 Å².